The smallest absolute Gasteiger partial charge is 0.255 e. The van der Waals surface area contributed by atoms with Crippen molar-refractivity contribution in [2.24, 2.45) is 0 Å². The molecule has 0 aliphatic carbocycles. The largest absolute Gasteiger partial charge is 0.368 e. The molecule has 0 saturated heterocycles. The molecule has 1 heterocycles. The fraction of sp³-hybridized carbons (Fsp3) is 0.250. The highest BCUT2D eigenvalue weighted by atomic mass is 16.1. The zero-order valence-corrected chi connectivity index (χ0v) is 14.3. The highest BCUT2D eigenvalue weighted by Gasteiger charge is 2.07. The lowest BCUT2D eigenvalue weighted by Crippen LogP contribution is -2.11. The van der Waals surface area contributed by atoms with Crippen molar-refractivity contribution in [3.8, 4) is 0 Å². The topological polar surface area (TPSA) is 80.9 Å². The van der Waals surface area contributed by atoms with Gasteiger partial charge in [-0.25, -0.2) is 9.97 Å². The van der Waals surface area contributed by atoms with E-state index in [0.717, 1.165) is 17.3 Å². The maximum atomic E-state index is 12.4. The molecule has 3 N–H and O–H groups in total. The first-order valence-electron chi connectivity index (χ1n) is 8.58. The lowest BCUT2D eigenvalue weighted by atomic mass is 10.1. The molecule has 0 radical (unpaired) electrons. The number of benzene rings is 2. The van der Waals surface area contributed by atoms with Crippen LogP contribution in [0.4, 0.5) is 11.6 Å². The monoisotopic (exact) mass is 334 g/mol. The van der Waals surface area contributed by atoms with E-state index in [9.17, 15) is 4.79 Å². The van der Waals surface area contributed by atoms with Gasteiger partial charge in [0.2, 0.25) is 5.95 Å². The average Bonchev–Trinajstić information content (AvgIpc) is 2.62. The summed E-state index contributed by atoms with van der Waals surface area (Å²) in [6.07, 6.45) is 6.34. The number of nitrogens with one attached hydrogen (secondary N) is 1. The molecular formula is C20H22N4O. The van der Waals surface area contributed by atoms with Crippen LogP contribution in [0.3, 0.4) is 0 Å². The summed E-state index contributed by atoms with van der Waals surface area (Å²) in [6.45, 7) is 2.20. The third-order valence-electron chi connectivity index (χ3n) is 4.14. The number of carbonyl (C=O) groups is 1. The zero-order valence-electron chi connectivity index (χ0n) is 14.3. The summed E-state index contributed by atoms with van der Waals surface area (Å²) in [7, 11) is 0. The highest BCUT2D eigenvalue weighted by molar-refractivity contribution is 6.05. The van der Waals surface area contributed by atoms with Crippen molar-refractivity contribution in [1.29, 1.82) is 0 Å². The number of nitrogen functional groups attached to an aromatic ring is 1. The van der Waals surface area contributed by atoms with E-state index < -0.39 is 0 Å². The molecule has 1 amide bonds. The Morgan fingerprint density at radius 3 is 2.68 bits per heavy atom. The normalized spacial score (nSPS) is 10.8. The molecule has 3 rings (SSSR count). The molecule has 2 aromatic carbocycles. The van der Waals surface area contributed by atoms with E-state index >= 15 is 0 Å². The van der Waals surface area contributed by atoms with Crippen LogP contribution in [0.25, 0.3) is 10.9 Å². The molecule has 0 unspecified atom stereocenters. The van der Waals surface area contributed by atoms with Gasteiger partial charge in [-0.3, -0.25) is 4.79 Å². The van der Waals surface area contributed by atoms with E-state index in [-0.39, 0.29) is 11.9 Å². The lowest BCUT2D eigenvalue weighted by molar-refractivity contribution is 0.102. The molecule has 0 fully saturated rings. The maximum absolute atomic E-state index is 12.4. The van der Waals surface area contributed by atoms with Crippen LogP contribution < -0.4 is 11.1 Å². The number of aryl methyl sites for hydroxylation is 1. The van der Waals surface area contributed by atoms with Crippen LogP contribution in [-0.4, -0.2) is 15.9 Å². The summed E-state index contributed by atoms with van der Waals surface area (Å²) in [5, 5.41) is 3.74. The number of hydrogen-bond acceptors (Lipinski definition) is 4. The number of rotatable bonds is 6. The van der Waals surface area contributed by atoms with Crippen molar-refractivity contribution in [3.63, 3.8) is 0 Å². The van der Waals surface area contributed by atoms with E-state index in [0.29, 0.717) is 11.3 Å². The van der Waals surface area contributed by atoms with Gasteiger partial charge in [0.1, 0.15) is 0 Å². The number of carbonyl (C=O) groups excluding carboxylic acids is 1. The fourth-order valence-electron chi connectivity index (χ4n) is 2.73. The molecule has 0 aliphatic rings. The molecular weight excluding hydrogens is 312 g/mol. The summed E-state index contributed by atoms with van der Waals surface area (Å²) in [5.74, 6) is 0.110. The van der Waals surface area contributed by atoms with Crippen molar-refractivity contribution >= 4 is 28.4 Å². The average molecular weight is 334 g/mol. The molecule has 0 atom stereocenters. The number of nitrogens with two attached hydrogens (primary N) is 1. The van der Waals surface area contributed by atoms with Crippen LogP contribution in [-0.2, 0) is 6.42 Å². The second-order valence-corrected chi connectivity index (χ2v) is 6.11. The number of nitrogens with zero attached hydrogens (tertiary/aromatic N) is 2. The van der Waals surface area contributed by atoms with Crippen LogP contribution in [0, 0.1) is 0 Å². The van der Waals surface area contributed by atoms with Gasteiger partial charge in [0, 0.05) is 22.8 Å². The number of amides is 1. The molecule has 0 spiro atoms. The van der Waals surface area contributed by atoms with E-state index in [1.807, 2.05) is 42.5 Å². The van der Waals surface area contributed by atoms with Crippen molar-refractivity contribution in [2.75, 3.05) is 11.1 Å². The van der Waals surface area contributed by atoms with Crippen molar-refractivity contribution in [1.82, 2.24) is 9.97 Å². The van der Waals surface area contributed by atoms with Crippen LogP contribution in [0.15, 0.2) is 48.7 Å². The molecule has 128 valence electrons. The Kier molecular flexibility index (Phi) is 5.23. The zero-order chi connectivity index (χ0) is 17.6. The molecule has 25 heavy (non-hydrogen) atoms. The SMILES string of the molecule is CCCCCc1ccc(C(=O)Nc2ccc3nc(N)ncc3c2)cc1. The van der Waals surface area contributed by atoms with Gasteiger partial charge in [-0.2, -0.15) is 0 Å². The standard InChI is InChI=1S/C20H22N4O/c1-2-3-4-5-14-6-8-15(9-7-14)19(25)23-17-10-11-18-16(12-17)13-22-20(21)24-18/h6-13H,2-5H2,1H3,(H,23,25)(H2,21,22,24). The number of hydrogen-bond donors (Lipinski definition) is 2. The first kappa shape index (κ1) is 16.9. The van der Waals surface area contributed by atoms with Gasteiger partial charge in [0.05, 0.1) is 5.52 Å². The number of unbranched alkanes of at least 4 members (excludes halogenated alkanes) is 2. The number of fused-ring (bicyclic) bond motifs is 1. The molecule has 5 nitrogen and oxygen atoms in total. The van der Waals surface area contributed by atoms with E-state index in [1.54, 1.807) is 6.20 Å². The van der Waals surface area contributed by atoms with Crippen LogP contribution in [0.1, 0.15) is 42.1 Å². The second-order valence-electron chi connectivity index (χ2n) is 6.11. The first-order valence-corrected chi connectivity index (χ1v) is 8.58. The van der Waals surface area contributed by atoms with Gasteiger partial charge in [0.15, 0.2) is 0 Å². The summed E-state index contributed by atoms with van der Waals surface area (Å²) in [5.41, 5.74) is 8.95. The van der Waals surface area contributed by atoms with Crippen LogP contribution in [0.5, 0.6) is 0 Å². The Bertz CT molecular complexity index is 875. The minimum absolute atomic E-state index is 0.129. The molecule has 0 saturated carbocycles. The van der Waals surface area contributed by atoms with Gasteiger partial charge in [0.25, 0.3) is 5.91 Å². The molecule has 0 bridgehead atoms. The lowest BCUT2D eigenvalue weighted by Gasteiger charge is -2.07. The Balaban J connectivity index is 1.68. The van der Waals surface area contributed by atoms with Gasteiger partial charge in [-0.05, 0) is 48.7 Å². The van der Waals surface area contributed by atoms with Crippen LogP contribution >= 0.6 is 0 Å². The Labute approximate surface area is 147 Å². The fourth-order valence-corrected chi connectivity index (χ4v) is 2.73. The van der Waals surface area contributed by atoms with Gasteiger partial charge in [-0.15, -0.1) is 0 Å². The third-order valence-corrected chi connectivity index (χ3v) is 4.14. The Morgan fingerprint density at radius 2 is 1.92 bits per heavy atom. The minimum Gasteiger partial charge on any atom is -0.368 e. The summed E-state index contributed by atoms with van der Waals surface area (Å²) >= 11 is 0. The van der Waals surface area contributed by atoms with Gasteiger partial charge < -0.3 is 11.1 Å². The summed E-state index contributed by atoms with van der Waals surface area (Å²) in [4.78, 5) is 20.5. The van der Waals surface area contributed by atoms with E-state index in [1.165, 1.54) is 24.8 Å². The third kappa shape index (κ3) is 4.32. The van der Waals surface area contributed by atoms with E-state index in [2.05, 4.69) is 22.2 Å². The van der Waals surface area contributed by atoms with Crippen molar-refractivity contribution in [2.45, 2.75) is 32.6 Å². The predicted octanol–water partition coefficient (Wildman–Crippen LogP) is 4.20. The summed E-state index contributed by atoms with van der Waals surface area (Å²) < 4.78 is 0. The first-order chi connectivity index (χ1) is 12.2. The predicted molar refractivity (Wildman–Crippen MR) is 102 cm³/mol. The number of aromatic nitrogens is 2. The molecule has 1 aromatic heterocycles. The molecule has 0 aliphatic heterocycles. The van der Waals surface area contributed by atoms with Crippen molar-refractivity contribution < 1.29 is 4.79 Å². The maximum Gasteiger partial charge on any atom is 0.255 e. The number of anilines is 2. The van der Waals surface area contributed by atoms with E-state index in [4.69, 9.17) is 5.73 Å². The minimum atomic E-state index is -0.129. The molecule has 5 heteroatoms. The van der Waals surface area contributed by atoms with Crippen LogP contribution in [0.2, 0.25) is 0 Å². The molecule has 3 aromatic rings. The Morgan fingerprint density at radius 1 is 1.12 bits per heavy atom. The highest BCUT2D eigenvalue weighted by Crippen LogP contribution is 2.18. The van der Waals surface area contributed by atoms with Crippen molar-refractivity contribution in [3.05, 3.63) is 59.8 Å². The summed E-state index contributed by atoms with van der Waals surface area (Å²) in [6, 6.07) is 13.3. The second kappa shape index (κ2) is 7.75. The van der Waals surface area contributed by atoms with Gasteiger partial charge >= 0.3 is 0 Å². The van der Waals surface area contributed by atoms with Gasteiger partial charge in [-0.1, -0.05) is 31.9 Å². The quantitative estimate of drug-likeness (QED) is 0.662. The Hall–Kier alpha value is -2.95.